The quantitative estimate of drug-likeness (QED) is 0.437. The molecule has 0 spiro atoms. The number of nitrogens with zero attached hydrogens (tertiary/aromatic N) is 1. The van der Waals surface area contributed by atoms with Gasteiger partial charge in [0.2, 0.25) is 0 Å². The Kier molecular flexibility index (Phi) is 6.81. The molecule has 0 atom stereocenters. The van der Waals surface area contributed by atoms with Crippen LogP contribution in [-0.2, 0) is 4.79 Å². The molecule has 0 aromatic heterocycles. The fourth-order valence-electron chi connectivity index (χ4n) is 2.42. The maximum atomic E-state index is 11.0. The third-order valence-corrected chi connectivity index (χ3v) is 3.71. The van der Waals surface area contributed by atoms with E-state index in [0.29, 0.717) is 30.4 Å². The van der Waals surface area contributed by atoms with Crippen molar-refractivity contribution in [1.29, 1.82) is 5.26 Å². The molecule has 2 aromatic carbocycles. The molecule has 0 saturated heterocycles. The molecule has 5 nitrogen and oxygen atoms in total. The first kappa shape index (κ1) is 19.1. The Morgan fingerprint density at radius 3 is 2.27 bits per heavy atom. The average molecular weight is 351 g/mol. The lowest BCUT2D eigenvalue weighted by molar-refractivity contribution is -0.132. The first-order valence-electron chi connectivity index (χ1n) is 8.31. The van der Waals surface area contributed by atoms with E-state index in [1.54, 1.807) is 30.3 Å². The minimum atomic E-state index is -1.27. The molecule has 0 heterocycles. The smallest absolute Gasteiger partial charge is 0.346 e. The van der Waals surface area contributed by atoms with E-state index in [1.807, 2.05) is 24.3 Å². The lowest BCUT2D eigenvalue weighted by Crippen LogP contribution is -2.11. The van der Waals surface area contributed by atoms with Crippen LogP contribution in [0.1, 0.15) is 30.9 Å². The van der Waals surface area contributed by atoms with Gasteiger partial charge < -0.3 is 14.6 Å². The van der Waals surface area contributed by atoms with Gasteiger partial charge in [0.15, 0.2) is 0 Å². The molecule has 2 aromatic rings. The Hall–Kier alpha value is -3.26. The zero-order chi connectivity index (χ0) is 18.9. The summed E-state index contributed by atoms with van der Waals surface area (Å²) in [7, 11) is 0. The van der Waals surface area contributed by atoms with Gasteiger partial charge >= 0.3 is 5.97 Å². The van der Waals surface area contributed by atoms with Crippen molar-refractivity contribution in [2.75, 3.05) is 13.2 Å². The number of carboxylic acid groups (broad SMARTS) is 1. The minimum Gasteiger partial charge on any atom is -0.490 e. The molecule has 0 aliphatic rings. The third kappa shape index (κ3) is 5.12. The summed E-state index contributed by atoms with van der Waals surface area (Å²) in [6.07, 6.45) is 1.30. The van der Waals surface area contributed by atoms with Crippen molar-refractivity contribution < 1.29 is 19.4 Å². The number of para-hydroxylation sites is 2. The highest BCUT2D eigenvalue weighted by Crippen LogP contribution is 2.26. The maximum Gasteiger partial charge on any atom is 0.346 e. The zero-order valence-electron chi connectivity index (χ0n) is 14.8. The SMILES string of the molecule is CC(C)c1ccccc1OCCOc1ccccc1C=C(C#N)C(=O)O. The van der Waals surface area contributed by atoms with Gasteiger partial charge in [-0.2, -0.15) is 5.26 Å². The van der Waals surface area contributed by atoms with Gasteiger partial charge in [-0.25, -0.2) is 4.79 Å². The van der Waals surface area contributed by atoms with Gasteiger partial charge in [0.05, 0.1) is 0 Å². The van der Waals surface area contributed by atoms with E-state index < -0.39 is 5.97 Å². The topological polar surface area (TPSA) is 79.5 Å². The predicted octanol–water partition coefficient (Wildman–Crippen LogP) is 4.26. The molecule has 26 heavy (non-hydrogen) atoms. The molecule has 2 rings (SSSR count). The highest BCUT2D eigenvalue weighted by Gasteiger charge is 2.09. The van der Waals surface area contributed by atoms with Crippen LogP contribution in [0.15, 0.2) is 54.1 Å². The summed E-state index contributed by atoms with van der Waals surface area (Å²) in [6, 6.07) is 16.5. The van der Waals surface area contributed by atoms with Crippen LogP contribution in [0.5, 0.6) is 11.5 Å². The number of rotatable bonds is 8. The Morgan fingerprint density at radius 1 is 1.08 bits per heavy atom. The van der Waals surface area contributed by atoms with Crippen LogP contribution in [0.2, 0.25) is 0 Å². The van der Waals surface area contributed by atoms with Gasteiger partial charge in [-0.05, 0) is 29.7 Å². The summed E-state index contributed by atoms with van der Waals surface area (Å²) in [4.78, 5) is 11.0. The van der Waals surface area contributed by atoms with Crippen molar-refractivity contribution in [3.63, 3.8) is 0 Å². The molecular formula is C21H21NO4. The third-order valence-electron chi connectivity index (χ3n) is 3.71. The molecule has 0 aliphatic heterocycles. The fraction of sp³-hybridized carbons (Fsp3) is 0.238. The summed E-state index contributed by atoms with van der Waals surface area (Å²) < 4.78 is 11.5. The summed E-state index contributed by atoms with van der Waals surface area (Å²) in [5, 5.41) is 17.9. The summed E-state index contributed by atoms with van der Waals surface area (Å²) in [5.74, 6) is 0.425. The number of hydrogen-bond donors (Lipinski definition) is 1. The number of ether oxygens (including phenoxy) is 2. The molecule has 0 bridgehead atoms. The van der Waals surface area contributed by atoms with Gasteiger partial charge in [-0.3, -0.25) is 0 Å². The number of carbonyl (C=O) groups is 1. The number of nitriles is 1. The molecule has 0 saturated carbocycles. The molecule has 5 heteroatoms. The van der Waals surface area contributed by atoms with Crippen LogP contribution in [0.25, 0.3) is 6.08 Å². The second-order valence-electron chi connectivity index (χ2n) is 5.90. The van der Waals surface area contributed by atoms with Crippen molar-refractivity contribution in [2.24, 2.45) is 0 Å². The van der Waals surface area contributed by atoms with Crippen molar-refractivity contribution in [3.05, 3.63) is 65.2 Å². The van der Waals surface area contributed by atoms with Crippen LogP contribution in [0.3, 0.4) is 0 Å². The van der Waals surface area contributed by atoms with Crippen molar-refractivity contribution >= 4 is 12.0 Å². The Labute approximate surface area is 153 Å². The monoisotopic (exact) mass is 351 g/mol. The molecular weight excluding hydrogens is 330 g/mol. The first-order valence-corrected chi connectivity index (χ1v) is 8.31. The van der Waals surface area contributed by atoms with E-state index in [-0.39, 0.29) is 5.57 Å². The number of benzene rings is 2. The van der Waals surface area contributed by atoms with Crippen LogP contribution in [0, 0.1) is 11.3 Å². The van der Waals surface area contributed by atoms with E-state index >= 15 is 0 Å². The van der Waals surface area contributed by atoms with E-state index in [2.05, 4.69) is 13.8 Å². The van der Waals surface area contributed by atoms with Gasteiger partial charge in [0.25, 0.3) is 0 Å². The first-order chi connectivity index (χ1) is 12.5. The predicted molar refractivity (Wildman–Crippen MR) is 99.2 cm³/mol. The van der Waals surface area contributed by atoms with E-state index in [4.69, 9.17) is 19.8 Å². The average Bonchev–Trinajstić information content (AvgIpc) is 2.64. The van der Waals surface area contributed by atoms with Gasteiger partial charge in [-0.1, -0.05) is 50.2 Å². The largest absolute Gasteiger partial charge is 0.490 e. The molecule has 0 radical (unpaired) electrons. The van der Waals surface area contributed by atoms with Crippen molar-refractivity contribution in [2.45, 2.75) is 19.8 Å². The van der Waals surface area contributed by atoms with Gasteiger partial charge in [-0.15, -0.1) is 0 Å². The molecule has 1 N–H and O–H groups in total. The Morgan fingerprint density at radius 2 is 1.65 bits per heavy atom. The highest BCUT2D eigenvalue weighted by atomic mass is 16.5. The van der Waals surface area contributed by atoms with E-state index in [1.165, 1.54) is 6.08 Å². The molecule has 0 fully saturated rings. The number of carboxylic acids is 1. The molecule has 0 aliphatic carbocycles. The second kappa shape index (κ2) is 9.28. The summed E-state index contributed by atoms with van der Waals surface area (Å²) >= 11 is 0. The normalized spacial score (nSPS) is 11.1. The van der Waals surface area contributed by atoms with Crippen LogP contribution < -0.4 is 9.47 Å². The summed E-state index contributed by atoms with van der Waals surface area (Å²) in [6.45, 7) is 4.87. The number of aliphatic carboxylic acids is 1. The standard InChI is InChI=1S/C21H21NO4/c1-15(2)18-8-4-6-10-20(18)26-12-11-25-19-9-5-3-7-16(19)13-17(14-22)21(23)24/h3-10,13,15H,11-12H2,1-2H3,(H,23,24). The van der Waals surface area contributed by atoms with E-state index in [9.17, 15) is 4.79 Å². The van der Waals surface area contributed by atoms with Crippen molar-refractivity contribution in [1.82, 2.24) is 0 Å². The van der Waals surface area contributed by atoms with Gasteiger partial charge in [0, 0.05) is 5.56 Å². The highest BCUT2D eigenvalue weighted by molar-refractivity contribution is 5.96. The Bertz CT molecular complexity index is 834. The zero-order valence-corrected chi connectivity index (χ0v) is 14.8. The van der Waals surface area contributed by atoms with Crippen LogP contribution in [-0.4, -0.2) is 24.3 Å². The molecule has 134 valence electrons. The molecule has 0 amide bonds. The lowest BCUT2D eigenvalue weighted by Gasteiger charge is -2.14. The number of hydrogen-bond acceptors (Lipinski definition) is 4. The van der Waals surface area contributed by atoms with E-state index in [0.717, 1.165) is 11.3 Å². The maximum absolute atomic E-state index is 11.0. The van der Waals surface area contributed by atoms with Crippen LogP contribution >= 0.6 is 0 Å². The summed E-state index contributed by atoms with van der Waals surface area (Å²) in [5.41, 5.74) is 1.33. The fourth-order valence-corrected chi connectivity index (χ4v) is 2.42. The Balaban J connectivity index is 2.01. The minimum absolute atomic E-state index is 0.298. The van der Waals surface area contributed by atoms with Crippen molar-refractivity contribution in [3.8, 4) is 17.6 Å². The molecule has 0 unspecified atom stereocenters. The van der Waals surface area contributed by atoms with Crippen LogP contribution in [0.4, 0.5) is 0 Å². The van der Waals surface area contributed by atoms with Gasteiger partial charge in [0.1, 0.15) is 36.4 Å². The second-order valence-corrected chi connectivity index (χ2v) is 5.90. The lowest BCUT2D eigenvalue weighted by atomic mass is 10.0.